The first kappa shape index (κ1) is 18.1. The molecular weight excluding hydrogens is 326 g/mol. The minimum absolute atomic E-state index is 0.0672. The van der Waals surface area contributed by atoms with Crippen molar-refractivity contribution in [3.63, 3.8) is 0 Å². The highest BCUT2D eigenvalue weighted by Gasteiger charge is 2.30. The Balaban J connectivity index is 2.19. The zero-order valence-electron chi connectivity index (χ0n) is 15.1. The largest absolute Gasteiger partial charge is 0.330 e. The summed E-state index contributed by atoms with van der Waals surface area (Å²) in [5.74, 6) is 5.85. The second-order valence-electron chi connectivity index (χ2n) is 6.38. The Kier molecular flexibility index (Phi) is 5.63. The van der Waals surface area contributed by atoms with Crippen LogP contribution in [-0.2, 0) is 11.3 Å². The molecule has 1 aromatic carbocycles. The quantitative estimate of drug-likeness (QED) is 0.644. The number of hydrogen-bond acceptors (Lipinski definition) is 5. The van der Waals surface area contributed by atoms with Crippen molar-refractivity contribution in [3.8, 4) is 0 Å². The second-order valence-corrected chi connectivity index (χ2v) is 6.38. The highest BCUT2D eigenvalue weighted by atomic mass is 16.2. The van der Waals surface area contributed by atoms with Gasteiger partial charge in [-0.25, -0.2) is 0 Å². The molecule has 1 amide bonds. The van der Waals surface area contributed by atoms with Crippen LogP contribution in [0.5, 0.6) is 0 Å². The summed E-state index contributed by atoms with van der Waals surface area (Å²) in [6.45, 7) is 1.000. The summed E-state index contributed by atoms with van der Waals surface area (Å²) in [4.78, 5) is 19.3. The number of carbonyl (C=O) groups excluding carboxylic acids is 1. The number of nitrogens with two attached hydrogens (primary N) is 2. The molecule has 1 aliphatic carbocycles. The molecule has 6 heteroatoms. The molecule has 26 heavy (non-hydrogen) atoms. The van der Waals surface area contributed by atoms with E-state index in [-0.39, 0.29) is 5.91 Å². The van der Waals surface area contributed by atoms with Gasteiger partial charge in [0.05, 0.1) is 12.3 Å². The minimum Gasteiger partial charge on any atom is -0.330 e. The van der Waals surface area contributed by atoms with Gasteiger partial charge in [0.15, 0.2) is 0 Å². The molecule has 1 aliphatic heterocycles. The van der Waals surface area contributed by atoms with Gasteiger partial charge in [-0.05, 0) is 37.4 Å². The van der Waals surface area contributed by atoms with Crippen molar-refractivity contribution >= 4 is 17.3 Å². The molecule has 2 aliphatic rings. The molecule has 1 aromatic rings. The number of carbonyl (C=O) groups is 1. The van der Waals surface area contributed by atoms with Crippen LogP contribution in [-0.4, -0.2) is 35.8 Å². The summed E-state index contributed by atoms with van der Waals surface area (Å²) in [5, 5.41) is 4.08. The third-order valence-electron chi connectivity index (χ3n) is 4.80. The Labute approximate surface area is 154 Å². The van der Waals surface area contributed by atoms with E-state index < -0.39 is 0 Å². The molecule has 136 valence electrons. The van der Waals surface area contributed by atoms with Crippen molar-refractivity contribution in [3.05, 3.63) is 58.8 Å². The number of fused-ring (bicyclic) bond motifs is 1. The van der Waals surface area contributed by atoms with Crippen LogP contribution in [0, 0.1) is 0 Å². The van der Waals surface area contributed by atoms with E-state index in [0.29, 0.717) is 31.6 Å². The number of rotatable bonds is 3. The predicted molar refractivity (Wildman–Crippen MR) is 105 cm³/mol. The average molecular weight is 351 g/mol. The van der Waals surface area contributed by atoms with E-state index in [9.17, 15) is 4.79 Å². The molecule has 0 radical (unpaired) electrons. The van der Waals surface area contributed by atoms with E-state index in [4.69, 9.17) is 11.6 Å². The Bertz CT molecular complexity index is 819. The first-order valence-corrected chi connectivity index (χ1v) is 8.95. The third kappa shape index (κ3) is 3.32. The van der Waals surface area contributed by atoms with Crippen molar-refractivity contribution in [1.82, 2.24) is 4.90 Å². The molecule has 3 rings (SSSR count). The van der Waals surface area contributed by atoms with Crippen LogP contribution in [0.1, 0.15) is 36.8 Å². The fourth-order valence-electron chi connectivity index (χ4n) is 3.54. The molecule has 0 atom stereocenters. The van der Waals surface area contributed by atoms with E-state index in [2.05, 4.69) is 16.2 Å². The molecule has 0 saturated carbocycles. The highest BCUT2D eigenvalue weighted by molar-refractivity contribution is 6.54. The average Bonchev–Trinajstić information content (AvgIpc) is 2.67. The van der Waals surface area contributed by atoms with Gasteiger partial charge >= 0.3 is 0 Å². The third-order valence-corrected chi connectivity index (χ3v) is 4.80. The topological polar surface area (TPSA) is 97.1 Å². The van der Waals surface area contributed by atoms with Gasteiger partial charge in [0, 0.05) is 30.3 Å². The van der Waals surface area contributed by atoms with Crippen molar-refractivity contribution < 1.29 is 4.79 Å². The van der Waals surface area contributed by atoms with E-state index in [1.165, 1.54) is 0 Å². The maximum atomic E-state index is 12.9. The summed E-state index contributed by atoms with van der Waals surface area (Å²) in [6, 6.07) is 7.98. The lowest BCUT2D eigenvalue weighted by Gasteiger charge is -2.32. The number of amides is 1. The predicted octanol–water partition coefficient (Wildman–Crippen LogP) is 2.11. The van der Waals surface area contributed by atoms with Gasteiger partial charge in [0.1, 0.15) is 5.71 Å². The van der Waals surface area contributed by atoms with Crippen molar-refractivity contribution in [1.29, 1.82) is 0 Å². The molecule has 0 aromatic heterocycles. The molecule has 0 bridgehead atoms. The van der Waals surface area contributed by atoms with Gasteiger partial charge < -0.3 is 16.5 Å². The molecular formula is C20H25N5O. The Morgan fingerprint density at radius 3 is 2.81 bits per heavy atom. The number of nitrogens with zero attached hydrogens (tertiary/aromatic N) is 3. The molecule has 0 saturated heterocycles. The summed E-state index contributed by atoms with van der Waals surface area (Å²) in [6.07, 6.45) is 6.86. The summed E-state index contributed by atoms with van der Waals surface area (Å²) < 4.78 is 0. The number of benzene rings is 1. The summed E-state index contributed by atoms with van der Waals surface area (Å²) >= 11 is 0. The van der Waals surface area contributed by atoms with Gasteiger partial charge in [0.25, 0.3) is 0 Å². The van der Waals surface area contributed by atoms with Crippen molar-refractivity contribution in [2.24, 2.45) is 21.7 Å². The van der Waals surface area contributed by atoms with E-state index >= 15 is 0 Å². The van der Waals surface area contributed by atoms with Crippen LogP contribution in [0.4, 0.5) is 0 Å². The normalized spacial score (nSPS) is 20.0. The molecule has 1 heterocycles. The van der Waals surface area contributed by atoms with Crippen molar-refractivity contribution in [2.75, 3.05) is 13.6 Å². The lowest BCUT2D eigenvalue weighted by Crippen LogP contribution is -2.36. The number of aliphatic imine (C=N–C) groups is 1. The molecule has 0 spiro atoms. The standard InChI is InChI=1S/C20H25N5O/c1-23-19-15-8-3-2-7-14(15)13-25(18(26)11-6-12-21)17-10-5-4-9-16(17)20(19)24-22/h2-3,5,7-8,10H,4,6,9,11-13,21-22H2,1H3. The molecule has 6 nitrogen and oxygen atoms in total. The van der Waals surface area contributed by atoms with E-state index in [1.807, 2.05) is 35.2 Å². The zero-order chi connectivity index (χ0) is 18.5. The molecule has 0 fully saturated rings. The van der Waals surface area contributed by atoms with Gasteiger partial charge in [-0.15, -0.1) is 0 Å². The van der Waals surface area contributed by atoms with Gasteiger partial charge in [-0.3, -0.25) is 9.79 Å². The van der Waals surface area contributed by atoms with Crippen LogP contribution < -0.4 is 11.6 Å². The van der Waals surface area contributed by atoms with E-state index in [0.717, 1.165) is 41.0 Å². The lowest BCUT2D eigenvalue weighted by atomic mass is 9.87. The maximum Gasteiger partial charge on any atom is 0.227 e. The van der Waals surface area contributed by atoms with Gasteiger partial charge in [-0.1, -0.05) is 30.3 Å². The lowest BCUT2D eigenvalue weighted by molar-refractivity contribution is -0.129. The van der Waals surface area contributed by atoms with Crippen LogP contribution >= 0.6 is 0 Å². The summed E-state index contributed by atoms with van der Waals surface area (Å²) in [7, 11) is 1.75. The second kappa shape index (κ2) is 8.10. The van der Waals surface area contributed by atoms with Gasteiger partial charge in [0.2, 0.25) is 5.91 Å². The van der Waals surface area contributed by atoms with Crippen LogP contribution in [0.15, 0.2) is 57.8 Å². The fraction of sp³-hybridized carbons (Fsp3) is 0.350. The molecule has 4 N–H and O–H groups in total. The van der Waals surface area contributed by atoms with Crippen LogP contribution in [0.2, 0.25) is 0 Å². The SMILES string of the molecule is CN=C1C(=NN)C2=C(C=CCC2)N(C(=O)CCCN)Cc2ccccc21. The molecule has 0 unspecified atom stereocenters. The van der Waals surface area contributed by atoms with Crippen LogP contribution in [0.3, 0.4) is 0 Å². The van der Waals surface area contributed by atoms with Crippen molar-refractivity contribution in [2.45, 2.75) is 32.2 Å². The number of hydrazone groups is 1. The van der Waals surface area contributed by atoms with Crippen LogP contribution in [0.25, 0.3) is 0 Å². The Morgan fingerprint density at radius 2 is 2.08 bits per heavy atom. The smallest absolute Gasteiger partial charge is 0.227 e. The Hall–Kier alpha value is -2.73. The fourth-order valence-corrected chi connectivity index (χ4v) is 3.54. The Morgan fingerprint density at radius 1 is 1.27 bits per heavy atom. The maximum absolute atomic E-state index is 12.9. The number of hydrogen-bond donors (Lipinski definition) is 2. The first-order chi connectivity index (χ1) is 12.7. The monoisotopic (exact) mass is 351 g/mol. The summed E-state index contributed by atoms with van der Waals surface area (Å²) in [5.41, 5.74) is 10.9. The first-order valence-electron chi connectivity index (χ1n) is 8.95. The van der Waals surface area contributed by atoms with Gasteiger partial charge in [-0.2, -0.15) is 5.10 Å². The highest BCUT2D eigenvalue weighted by Crippen LogP contribution is 2.30. The zero-order valence-corrected chi connectivity index (χ0v) is 15.1. The van der Waals surface area contributed by atoms with E-state index in [1.54, 1.807) is 7.05 Å². The minimum atomic E-state index is 0.0672. The number of allylic oxidation sites excluding steroid dienone is 3.